The fourth-order valence-corrected chi connectivity index (χ4v) is 2.58. The molecule has 0 saturated heterocycles. The van der Waals surface area contributed by atoms with Crippen LogP contribution in [0.1, 0.15) is 31.3 Å². The van der Waals surface area contributed by atoms with Gasteiger partial charge in [-0.2, -0.15) is 0 Å². The lowest BCUT2D eigenvalue weighted by molar-refractivity contribution is 0.0783. The number of nitrogens with zero attached hydrogens (tertiary/aromatic N) is 2. The molecule has 8 nitrogen and oxygen atoms in total. The van der Waals surface area contributed by atoms with Gasteiger partial charge in [-0.1, -0.05) is 24.3 Å². The third-order valence-corrected chi connectivity index (χ3v) is 4.33. The molecule has 1 aliphatic heterocycles. The maximum atomic E-state index is 12.2. The molecule has 2 aromatic rings. The Hall–Kier alpha value is -3.17. The fourth-order valence-electron chi connectivity index (χ4n) is 2.58. The summed E-state index contributed by atoms with van der Waals surface area (Å²) in [4.78, 5) is 20.4. The Morgan fingerprint density at radius 2 is 1.91 bits per heavy atom. The second-order valence-electron chi connectivity index (χ2n) is 6.57. The second-order valence-corrected chi connectivity index (χ2v) is 6.57. The van der Waals surface area contributed by atoms with Gasteiger partial charge in [0, 0.05) is 13.3 Å². The first kappa shape index (κ1) is 26.9. The lowest BCUT2D eigenvalue weighted by Crippen LogP contribution is -2.49. The molecule has 1 aliphatic rings. The van der Waals surface area contributed by atoms with E-state index in [1.165, 1.54) is 7.11 Å². The summed E-state index contributed by atoms with van der Waals surface area (Å²) in [6.45, 7) is 12.2. The minimum absolute atomic E-state index is 0.258. The number of amides is 1. The number of benzene rings is 1. The lowest BCUT2D eigenvalue weighted by Gasteiger charge is -2.23. The Bertz CT molecular complexity index is 823. The van der Waals surface area contributed by atoms with Crippen molar-refractivity contribution in [3.05, 3.63) is 73.6 Å². The van der Waals surface area contributed by atoms with Crippen LogP contribution in [-0.4, -0.2) is 60.7 Å². The summed E-state index contributed by atoms with van der Waals surface area (Å²) in [5.74, 6) is 0.469. The van der Waals surface area contributed by atoms with E-state index in [2.05, 4.69) is 28.5 Å². The van der Waals surface area contributed by atoms with Crippen LogP contribution in [0.15, 0.2) is 72.9 Å². The van der Waals surface area contributed by atoms with Crippen molar-refractivity contribution in [3.63, 3.8) is 0 Å². The number of nitrogens with one attached hydrogen (secondary N) is 1. The maximum Gasteiger partial charge on any atom is 0.549 e. The summed E-state index contributed by atoms with van der Waals surface area (Å²) in [5, 5.41) is 12.4. The molecular weight excluding hydrogens is 409 g/mol. The van der Waals surface area contributed by atoms with Crippen LogP contribution in [0.3, 0.4) is 0 Å². The van der Waals surface area contributed by atoms with Gasteiger partial charge in [0.25, 0.3) is 5.91 Å². The van der Waals surface area contributed by atoms with E-state index in [0.29, 0.717) is 0 Å². The topological polar surface area (TPSA) is 102 Å². The molecule has 0 spiro atoms. The van der Waals surface area contributed by atoms with Crippen LogP contribution in [-0.2, 0) is 9.39 Å². The molecule has 9 heteroatoms. The summed E-state index contributed by atoms with van der Waals surface area (Å²) in [6.07, 6.45) is 1.17. The highest BCUT2D eigenvalue weighted by molar-refractivity contribution is 6.49. The number of hydrogen-bond donors (Lipinski definition) is 2. The highest BCUT2D eigenvalue weighted by atomic mass is 16.5. The van der Waals surface area contributed by atoms with Crippen LogP contribution in [0.4, 0.5) is 0 Å². The molecule has 0 radical (unpaired) electrons. The van der Waals surface area contributed by atoms with Crippen LogP contribution in [0.25, 0.3) is 0 Å². The molecule has 1 aromatic carbocycles. The SMILES string of the molecule is C=C.CCOc1ccccc1.CO[C@@H](C)C(NC(=O)c1ccccn1)C1=NC(C)B(O)O1. The Balaban J connectivity index is 0.000000388. The molecule has 0 bridgehead atoms. The smallest absolute Gasteiger partial charge is 0.523 e. The third kappa shape index (κ3) is 8.53. The van der Waals surface area contributed by atoms with Crippen molar-refractivity contribution in [1.82, 2.24) is 10.3 Å². The van der Waals surface area contributed by atoms with Crippen LogP contribution in [0.2, 0.25) is 0 Å². The molecule has 0 fully saturated rings. The third-order valence-electron chi connectivity index (χ3n) is 4.33. The number of carbonyl (C=O) groups excluding carboxylic acids is 1. The number of pyridine rings is 1. The van der Waals surface area contributed by atoms with Crippen molar-refractivity contribution >= 4 is 18.9 Å². The van der Waals surface area contributed by atoms with Crippen LogP contribution >= 0.6 is 0 Å². The first-order chi connectivity index (χ1) is 15.5. The van der Waals surface area contributed by atoms with Gasteiger partial charge in [0.05, 0.1) is 18.7 Å². The summed E-state index contributed by atoms with van der Waals surface area (Å²) in [6, 6.07) is 14.3. The highest BCUT2D eigenvalue weighted by Crippen LogP contribution is 2.13. The predicted octanol–water partition coefficient (Wildman–Crippen LogP) is 2.94. The van der Waals surface area contributed by atoms with E-state index in [0.717, 1.165) is 12.4 Å². The lowest BCUT2D eigenvalue weighted by atomic mass is 9.82. The zero-order valence-electron chi connectivity index (χ0n) is 19.1. The molecule has 3 rings (SSSR count). The molecule has 2 heterocycles. The first-order valence-corrected chi connectivity index (χ1v) is 10.3. The van der Waals surface area contributed by atoms with Gasteiger partial charge in [-0.15, -0.1) is 13.2 Å². The Labute approximate surface area is 190 Å². The largest absolute Gasteiger partial charge is 0.549 e. The summed E-state index contributed by atoms with van der Waals surface area (Å²) < 4.78 is 15.7. The molecule has 1 aromatic heterocycles. The molecule has 172 valence electrons. The number of hydrogen-bond acceptors (Lipinski definition) is 7. The Morgan fingerprint density at radius 3 is 2.41 bits per heavy atom. The van der Waals surface area contributed by atoms with Crippen LogP contribution in [0, 0.1) is 0 Å². The van der Waals surface area contributed by atoms with Crippen molar-refractivity contribution in [2.24, 2.45) is 4.99 Å². The van der Waals surface area contributed by atoms with E-state index < -0.39 is 13.2 Å². The molecular formula is C23H32BN3O5. The van der Waals surface area contributed by atoms with E-state index >= 15 is 0 Å². The van der Waals surface area contributed by atoms with Gasteiger partial charge in [0.2, 0.25) is 0 Å². The van der Waals surface area contributed by atoms with Gasteiger partial charge in [-0.05, 0) is 45.0 Å². The molecule has 2 N–H and O–H groups in total. The van der Waals surface area contributed by atoms with E-state index in [1.54, 1.807) is 38.2 Å². The molecule has 1 amide bonds. The van der Waals surface area contributed by atoms with Crippen LogP contribution in [0.5, 0.6) is 5.75 Å². The standard InChI is InChI=1S/C13H18BN3O4.C8H10O.C2H4/c1-8(20-3)11(13-16-9(2)14(19)21-13)17-12(18)10-6-4-5-7-15-10;1-2-9-8-6-4-3-5-7-8;1-2/h4-9,11,19H,1-3H3,(H,17,18);3-7H,2H2,1H3;1-2H2/t8-,9?,11?;;/m0../s1. The molecule has 3 atom stereocenters. The maximum absolute atomic E-state index is 12.2. The number of aliphatic imine (C=N–C) groups is 1. The fraction of sp³-hybridized carbons (Fsp3) is 0.348. The average Bonchev–Trinajstić information content (AvgIpc) is 3.17. The monoisotopic (exact) mass is 441 g/mol. The van der Waals surface area contributed by atoms with E-state index in [1.807, 2.05) is 37.3 Å². The molecule has 2 unspecified atom stereocenters. The summed E-state index contributed by atoms with van der Waals surface area (Å²) in [7, 11) is 0.526. The average molecular weight is 441 g/mol. The summed E-state index contributed by atoms with van der Waals surface area (Å²) >= 11 is 0. The van der Waals surface area contributed by atoms with E-state index in [4.69, 9.17) is 14.1 Å². The number of carbonyl (C=O) groups is 1. The second kappa shape index (κ2) is 14.8. The van der Waals surface area contributed by atoms with Crippen LogP contribution < -0.4 is 10.1 Å². The number of methoxy groups -OCH3 is 1. The summed E-state index contributed by atoms with van der Waals surface area (Å²) in [5.41, 5.74) is 0.290. The number of ether oxygens (including phenoxy) is 2. The van der Waals surface area contributed by atoms with Crippen molar-refractivity contribution in [1.29, 1.82) is 0 Å². The minimum Gasteiger partial charge on any atom is -0.523 e. The Morgan fingerprint density at radius 1 is 1.25 bits per heavy atom. The van der Waals surface area contributed by atoms with Gasteiger partial charge < -0.3 is 24.5 Å². The van der Waals surface area contributed by atoms with Gasteiger partial charge in [0.15, 0.2) is 5.90 Å². The van der Waals surface area contributed by atoms with Crippen molar-refractivity contribution in [2.75, 3.05) is 13.7 Å². The zero-order valence-corrected chi connectivity index (χ0v) is 19.1. The Kier molecular flexibility index (Phi) is 12.4. The van der Waals surface area contributed by atoms with Gasteiger partial charge >= 0.3 is 7.12 Å². The first-order valence-electron chi connectivity index (χ1n) is 10.3. The normalized spacial score (nSPS) is 16.1. The minimum atomic E-state index is -1.00. The van der Waals surface area contributed by atoms with E-state index in [-0.39, 0.29) is 29.5 Å². The quantitative estimate of drug-likeness (QED) is 0.506. The highest BCUT2D eigenvalue weighted by Gasteiger charge is 2.38. The zero-order chi connectivity index (χ0) is 23.9. The van der Waals surface area contributed by atoms with Crippen molar-refractivity contribution < 1.29 is 23.9 Å². The molecule has 32 heavy (non-hydrogen) atoms. The van der Waals surface area contributed by atoms with Crippen molar-refractivity contribution in [3.8, 4) is 5.75 Å². The van der Waals surface area contributed by atoms with E-state index in [9.17, 15) is 9.82 Å². The molecule has 0 saturated carbocycles. The number of para-hydroxylation sites is 1. The predicted molar refractivity (Wildman–Crippen MR) is 127 cm³/mol. The number of rotatable bonds is 7. The number of aromatic nitrogens is 1. The van der Waals surface area contributed by atoms with Gasteiger partial charge in [-0.3, -0.25) is 14.8 Å². The van der Waals surface area contributed by atoms with Gasteiger partial charge in [0.1, 0.15) is 17.5 Å². The van der Waals surface area contributed by atoms with Crippen molar-refractivity contribution in [2.45, 2.75) is 38.9 Å². The van der Waals surface area contributed by atoms with Gasteiger partial charge in [-0.25, -0.2) is 0 Å². The molecule has 0 aliphatic carbocycles.